The fraction of sp³-hybridized carbons (Fsp3) is 0.255. The van der Waals surface area contributed by atoms with Crippen molar-refractivity contribution in [1.29, 1.82) is 10.5 Å². The molecule has 0 bridgehead atoms. The maximum absolute atomic E-state index is 12.7. The van der Waals surface area contributed by atoms with Gasteiger partial charge in [-0.3, -0.25) is 49.4 Å². The number of nitriles is 2. The molecule has 41 heteroatoms. The predicted octanol–water partition coefficient (Wildman–Crippen LogP) is 12.3. The van der Waals surface area contributed by atoms with Gasteiger partial charge >= 0.3 is 11.9 Å². The Bertz CT molecular complexity index is 7660. The number of hydrogen-bond acceptors (Lipinski definition) is 28. The monoisotopic (exact) mass is 1980 g/mol. The van der Waals surface area contributed by atoms with Crippen molar-refractivity contribution in [3.05, 3.63) is 267 Å². The number of ether oxygens (including phenoxy) is 3. The number of aromatic amines is 2. The van der Waals surface area contributed by atoms with Gasteiger partial charge in [-0.2, -0.15) is 20.7 Å². The standard InChI is InChI=1S/C24H26N4O5.C23H28N6O2.C22H25N7O2.C21H22N6O3.C16H11N5O/c1-24(2,13-29)26-23(30)16(12-25)8-14-6-7-18-17(9-14)21(28-27-18)15-10-19(31-3)22(33-5)20(11-15)32-4;1-14(2)28-23(31)17(25-4)12-18-19(16-8-6-15(3)7-9-16)20-21(24)26-13-27-22(20)29(18)10-5-11-30;1-14-6-8-15(9-7-14)18-17(12-16(24-2)22(31)27-28(3)4)29(10-5-11-30)21-19(18)20(23)25-13-26-21;1-13-5-7-14(8-6-13)17-16(11-15(23-2)21(29)26-30-3)27(9-4-10-28)20-18(17)19(22)24-12-25-20;17-8-12(16(18)22)6-10-3-4-14-13(7-10)15(21-20-14)11-2-1-5-19-9-11/h6-11,29H,13H2,1-5H3,(H,26,30)(H,27,28);6-9,13-14,17,30H,5,10-12H2,1-3H3,(H,28,31)(H2,24,26,27);6-9,12-13,30H,5,10-11H2,1,3-4H3,(H,27,31)(H2,23,25,26);5-8,11-12,28H,4,9-10H2,1,3H3,(H,26,29)(H2,22,24,25);1-7,9H,(H2,18,22)(H,20,21)/b16-8+;;16-12-;15-11-;12-6+. The number of aromatic nitrogens is 14. The first kappa shape index (κ1) is 109. The van der Waals surface area contributed by atoms with Crippen molar-refractivity contribution in [3.8, 4) is 85.3 Å². The molecule has 147 heavy (non-hydrogen) atoms. The van der Waals surface area contributed by atoms with Gasteiger partial charge in [0.05, 0.1) is 87.3 Å². The number of nitrogens with two attached hydrogens (primary N) is 4. The number of H-pyrrole nitrogens is 2. The smallest absolute Gasteiger partial charge is 0.305 e. The second-order valence-corrected chi connectivity index (χ2v) is 34.4. The van der Waals surface area contributed by atoms with Gasteiger partial charge in [0.25, 0.3) is 35.0 Å². The minimum Gasteiger partial charge on any atom is -0.493 e. The molecule has 754 valence electrons. The van der Waals surface area contributed by atoms with Crippen LogP contribution in [0, 0.1) is 63.1 Å². The third-order valence-corrected chi connectivity index (χ3v) is 22.8. The number of pyridine rings is 1. The van der Waals surface area contributed by atoms with Gasteiger partial charge < -0.3 is 86.8 Å². The highest BCUT2D eigenvalue weighted by Crippen LogP contribution is 2.45. The Hall–Kier alpha value is -18.4. The van der Waals surface area contributed by atoms with Crippen molar-refractivity contribution < 1.29 is 63.4 Å². The highest BCUT2D eigenvalue weighted by Gasteiger charge is 2.33. The maximum atomic E-state index is 12.7. The molecule has 0 fully saturated rings. The number of benzene rings is 6. The van der Waals surface area contributed by atoms with E-state index in [0.29, 0.717) is 140 Å². The van der Waals surface area contributed by atoms with Crippen LogP contribution in [0.25, 0.3) is 150 Å². The average Bonchev–Trinajstić information content (AvgIpc) is 1.60. The summed E-state index contributed by atoms with van der Waals surface area (Å²) in [5.41, 5.74) is 45.4. The topological polar surface area (TPSA) is 582 Å². The number of carbonyl (C=O) groups excluding carboxylic acids is 5. The van der Waals surface area contributed by atoms with E-state index in [1.165, 1.54) is 56.4 Å². The van der Waals surface area contributed by atoms with Crippen LogP contribution >= 0.6 is 0 Å². The van der Waals surface area contributed by atoms with Crippen LogP contribution in [0.15, 0.2) is 187 Å². The molecule has 0 radical (unpaired) electrons. The van der Waals surface area contributed by atoms with Crippen LogP contribution in [0.2, 0.25) is 0 Å². The third-order valence-electron chi connectivity index (χ3n) is 22.8. The summed E-state index contributed by atoms with van der Waals surface area (Å²) in [5, 5.41) is 81.3. The Morgan fingerprint density at radius 2 is 0.986 bits per heavy atom. The van der Waals surface area contributed by atoms with Crippen LogP contribution in [0.5, 0.6) is 17.2 Å². The van der Waals surface area contributed by atoms with Crippen LogP contribution in [0.1, 0.15) is 91.9 Å². The normalized spacial score (nSPS) is 11.7. The van der Waals surface area contributed by atoms with E-state index in [-0.39, 0.29) is 67.3 Å². The summed E-state index contributed by atoms with van der Waals surface area (Å²) in [4.78, 5) is 106. The molecule has 15 rings (SSSR count). The summed E-state index contributed by atoms with van der Waals surface area (Å²) >= 11 is 0. The number of nitrogens with zero attached hydrogens (tertiary/aromatic N) is 18. The SMILES string of the molecule is COc1cc(-c2n[nH]c3ccc(/C=C(\C#N)C(=O)NC(C)(C)CO)cc23)cc(OC)c1OC.N#C/C(=C\c1ccc2[nH]nc(-c3cccnc3)c2c1)C(N)=O.[C-]#[N+]/C(=C\c1c(-c2ccc(C)cc2)c2c(N)ncnc2n1CCCO)C(=O)NN(C)C.[C-]#[N+]/C(=C\c1c(-c2ccc(C)cc2)c2c(N)ncnc2n1CCCO)C(=O)NOC.[C-]#[N+]C(Cc1c(-c2ccc(C)cc2)c2c(N)ncnc2n1CCCO)C(=O)NC(C)C. The fourth-order valence-corrected chi connectivity index (χ4v) is 15.8. The number of hydrogen-bond donors (Lipinski definition) is 14. The second-order valence-electron chi connectivity index (χ2n) is 34.4. The zero-order valence-electron chi connectivity index (χ0n) is 83.2. The summed E-state index contributed by atoms with van der Waals surface area (Å²) in [6.07, 6.45) is 15.2. The van der Waals surface area contributed by atoms with Gasteiger partial charge in [-0.1, -0.05) is 102 Å². The molecule has 0 saturated heterocycles. The van der Waals surface area contributed by atoms with E-state index in [0.717, 1.165) is 88.8 Å². The van der Waals surface area contributed by atoms with Crippen LogP contribution < -0.4 is 58.7 Å². The molecule has 1 unspecified atom stereocenters. The molecule has 5 amide bonds. The van der Waals surface area contributed by atoms with E-state index in [1.54, 1.807) is 91.0 Å². The molecule has 41 nitrogen and oxygen atoms in total. The lowest BCUT2D eigenvalue weighted by Crippen LogP contribution is -2.46. The quantitative estimate of drug-likeness (QED) is 0.00786. The van der Waals surface area contributed by atoms with Crippen LogP contribution in [-0.4, -0.2) is 211 Å². The van der Waals surface area contributed by atoms with Crippen molar-refractivity contribution >= 4 is 126 Å². The Morgan fingerprint density at radius 3 is 1.38 bits per heavy atom. The summed E-state index contributed by atoms with van der Waals surface area (Å²) in [6.45, 7) is 36.7. The first-order valence-electron chi connectivity index (χ1n) is 45.9. The fourth-order valence-electron chi connectivity index (χ4n) is 15.8. The Balaban J connectivity index is 0.000000176. The van der Waals surface area contributed by atoms with Crippen molar-refractivity contribution in [1.82, 2.24) is 95.5 Å². The van der Waals surface area contributed by atoms with Crippen LogP contribution in [-0.2, 0) is 54.9 Å². The molecule has 0 aliphatic heterocycles. The number of nitrogen functional groups attached to an aromatic ring is 3. The van der Waals surface area contributed by atoms with Gasteiger partial charge in [0.2, 0.25) is 5.75 Å². The first-order valence-corrected chi connectivity index (χ1v) is 45.9. The number of rotatable bonds is 33. The van der Waals surface area contributed by atoms with Crippen molar-refractivity contribution in [3.63, 3.8) is 0 Å². The zero-order valence-corrected chi connectivity index (χ0v) is 83.2. The molecule has 1 atom stereocenters. The second kappa shape index (κ2) is 50.8. The molecule has 0 aliphatic rings. The van der Waals surface area contributed by atoms with Gasteiger partial charge in [0.15, 0.2) is 11.5 Å². The van der Waals surface area contributed by atoms with E-state index in [4.69, 9.17) is 62.1 Å². The molecule has 6 aromatic carbocycles. The lowest BCUT2D eigenvalue weighted by Gasteiger charge is -2.23. The molecule has 18 N–H and O–H groups in total. The number of methoxy groups -OCH3 is 3. The molecule has 0 aliphatic carbocycles. The van der Waals surface area contributed by atoms with E-state index in [9.17, 15) is 49.7 Å². The lowest BCUT2D eigenvalue weighted by molar-refractivity contribution is -0.127. The Morgan fingerprint density at radius 1 is 0.551 bits per heavy atom. The number of primary amides is 1. The first-order chi connectivity index (χ1) is 70.7. The molecule has 9 aromatic heterocycles. The number of hydroxylamine groups is 1. The number of aliphatic hydroxyl groups excluding tert-OH is 4. The van der Waals surface area contributed by atoms with E-state index in [2.05, 4.69) is 96.2 Å². The highest BCUT2D eigenvalue weighted by molar-refractivity contribution is 6.11. The van der Waals surface area contributed by atoms with E-state index < -0.39 is 35.2 Å². The number of amides is 5. The van der Waals surface area contributed by atoms with Crippen LogP contribution in [0.3, 0.4) is 0 Å². The molecule has 0 spiro atoms. The summed E-state index contributed by atoms with van der Waals surface area (Å²) in [7, 11) is 9.26. The largest absolute Gasteiger partial charge is 0.493 e. The van der Waals surface area contributed by atoms with Gasteiger partial charge in [-0.05, 0) is 168 Å². The molecule has 15 aromatic rings. The number of anilines is 3. The number of aryl methyl sites for hydroxylation is 6. The molecular formula is C106H112N28O13. The highest BCUT2D eigenvalue weighted by atomic mass is 16.6. The van der Waals surface area contributed by atoms with E-state index in [1.807, 2.05) is 164 Å². The van der Waals surface area contributed by atoms with Gasteiger partial charge in [0, 0.05) is 128 Å². The van der Waals surface area contributed by atoms with Crippen molar-refractivity contribution in [2.45, 2.75) is 111 Å². The molecule has 0 saturated carbocycles. The predicted molar refractivity (Wildman–Crippen MR) is 561 cm³/mol. The van der Waals surface area contributed by atoms with E-state index >= 15 is 0 Å². The third kappa shape index (κ3) is 26.3. The van der Waals surface area contributed by atoms with Gasteiger partial charge in [-0.15, -0.1) is 0 Å². The molecule has 9 heterocycles. The number of carbonyl (C=O) groups is 5. The van der Waals surface area contributed by atoms with Crippen LogP contribution in [0.4, 0.5) is 17.5 Å². The van der Waals surface area contributed by atoms with Gasteiger partial charge in [-0.25, -0.2) is 56.7 Å². The van der Waals surface area contributed by atoms with Crippen molar-refractivity contribution in [2.75, 3.05) is 86.2 Å². The maximum Gasteiger partial charge on any atom is 0.305 e. The summed E-state index contributed by atoms with van der Waals surface area (Å²) in [5.74, 6) is -0.401. The number of aliphatic hydroxyl groups is 4. The minimum absolute atomic E-state index is 0.0135. The van der Waals surface area contributed by atoms with Gasteiger partial charge in [0.1, 0.15) is 88.0 Å². The Labute approximate surface area is 846 Å². The van der Waals surface area contributed by atoms with Crippen molar-refractivity contribution in [2.24, 2.45) is 5.73 Å². The molecular weight excluding hydrogens is 1870 g/mol. The summed E-state index contributed by atoms with van der Waals surface area (Å²) in [6, 6.07) is 44.7. The Kier molecular flexibility index (Phi) is 37.7. The average molecular weight is 1990 g/mol. The number of fused-ring (bicyclic) bond motifs is 5. The lowest BCUT2D eigenvalue weighted by atomic mass is 9.98. The summed E-state index contributed by atoms with van der Waals surface area (Å²) < 4.78 is 21.9. The number of hydrazine groups is 1. The minimum atomic E-state index is -0.891. The number of nitrogens with one attached hydrogen (secondary N) is 6. The zero-order chi connectivity index (χ0) is 106.